The predicted octanol–water partition coefficient (Wildman–Crippen LogP) is 3.79. The highest BCUT2D eigenvalue weighted by molar-refractivity contribution is 7.09. The molecular weight excluding hydrogens is 466 g/mol. The van der Waals surface area contributed by atoms with Crippen LogP contribution in [0.15, 0.2) is 47.8 Å². The van der Waals surface area contributed by atoms with E-state index in [-0.39, 0.29) is 5.91 Å². The van der Waals surface area contributed by atoms with Gasteiger partial charge in [-0.15, -0.1) is 11.3 Å². The lowest BCUT2D eigenvalue weighted by Crippen LogP contribution is -2.27. The number of ether oxygens (including phenoxy) is 4. The number of amides is 1. The molecule has 1 heterocycles. The van der Waals surface area contributed by atoms with Gasteiger partial charge in [0.1, 0.15) is 16.5 Å². The number of hydrogen-bond acceptors (Lipinski definition) is 8. The molecule has 0 fully saturated rings. The van der Waals surface area contributed by atoms with Crippen LogP contribution in [0.2, 0.25) is 0 Å². The first-order valence-electron chi connectivity index (χ1n) is 11.3. The van der Waals surface area contributed by atoms with Crippen LogP contribution >= 0.6 is 11.3 Å². The van der Waals surface area contributed by atoms with Gasteiger partial charge in [0.05, 0.1) is 34.5 Å². The molecule has 0 saturated carbocycles. The quantitative estimate of drug-likeness (QED) is 0.338. The van der Waals surface area contributed by atoms with Crippen LogP contribution in [0.1, 0.15) is 26.6 Å². The lowest BCUT2D eigenvalue weighted by atomic mass is 10.1. The Labute approximate surface area is 210 Å². The highest BCUT2D eigenvalue weighted by atomic mass is 32.1. The van der Waals surface area contributed by atoms with Crippen molar-refractivity contribution in [3.05, 3.63) is 69.7 Å². The van der Waals surface area contributed by atoms with Gasteiger partial charge >= 0.3 is 0 Å². The minimum Gasteiger partial charge on any atom is -0.497 e. The summed E-state index contributed by atoms with van der Waals surface area (Å²) in [6, 6.07) is 14.1. The van der Waals surface area contributed by atoms with Crippen molar-refractivity contribution >= 4 is 17.2 Å². The van der Waals surface area contributed by atoms with Gasteiger partial charge in [0.15, 0.2) is 11.5 Å². The second-order valence-electron chi connectivity index (χ2n) is 7.87. The molecule has 1 amide bonds. The average Bonchev–Trinajstić information content (AvgIpc) is 3.36. The van der Waals surface area contributed by atoms with Crippen LogP contribution in [-0.4, -0.2) is 63.9 Å². The Hall–Kier alpha value is -3.14. The summed E-state index contributed by atoms with van der Waals surface area (Å²) in [7, 11) is 6.54. The van der Waals surface area contributed by atoms with Crippen molar-refractivity contribution in [3.8, 4) is 17.2 Å². The largest absolute Gasteiger partial charge is 0.497 e. The Morgan fingerprint density at radius 2 is 1.69 bits per heavy atom. The zero-order valence-corrected chi connectivity index (χ0v) is 21.5. The number of nitrogens with one attached hydrogen (secondary N) is 1. The van der Waals surface area contributed by atoms with Gasteiger partial charge in [-0.1, -0.05) is 18.2 Å². The minimum atomic E-state index is -0.184. The first-order chi connectivity index (χ1) is 17.1. The number of rotatable bonds is 14. The molecule has 1 aromatic heterocycles. The molecule has 188 valence electrons. The zero-order valence-electron chi connectivity index (χ0n) is 20.7. The summed E-state index contributed by atoms with van der Waals surface area (Å²) in [5.74, 6) is 2.08. The topological polar surface area (TPSA) is 82.2 Å². The molecule has 0 saturated heterocycles. The van der Waals surface area contributed by atoms with E-state index in [1.807, 2.05) is 24.3 Å². The van der Waals surface area contributed by atoms with Gasteiger partial charge in [0.2, 0.25) is 0 Å². The van der Waals surface area contributed by atoms with Crippen LogP contribution in [-0.2, 0) is 24.2 Å². The number of nitrogens with zero attached hydrogens (tertiary/aromatic N) is 2. The van der Waals surface area contributed by atoms with Gasteiger partial charge in [-0.25, -0.2) is 4.98 Å². The van der Waals surface area contributed by atoms with Crippen molar-refractivity contribution < 1.29 is 23.7 Å². The Bertz CT molecular complexity index is 1070. The lowest BCUT2D eigenvalue weighted by Gasteiger charge is -2.22. The smallest absolute Gasteiger partial charge is 0.270 e. The summed E-state index contributed by atoms with van der Waals surface area (Å²) in [6.07, 6.45) is 0.826. The van der Waals surface area contributed by atoms with E-state index in [2.05, 4.69) is 33.4 Å². The molecule has 1 N–H and O–H groups in total. The molecule has 0 aliphatic carbocycles. The fourth-order valence-electron chi connectivity index (χ4n) is 3.56. The highest BCUT2D eigenvalue weighted by Gasteiger charge is 2.15. The molecule has 3 aromatic rings. The standard InChI is InChI=1S/C26H33N3O5S/c1-31-14-12-27-26(30)22-18-35-25(28-22)17-29(16-20-5-8-21(32-2)9-6-20)13-11-19-7-10-23(33-3)24(15-19)34-4/h5-10,15,18H,11-14,16-17H2,1-4H3,(H,27,30). The van der Waals surface area contributed by atoms with Crippen molar-refractivity contribution in [2.75, 3.05) is 48.1 Å². The summed E-state index contributed by atoms with van der Waals surface area (Å²) < 4.78 is 21.1. The maximum atomic E-state index is 12.3. The second-order valence-corrected chi connectivity index (χ2v) is 8.82. The van der Waals surface area contributed by atoms with Gasteiger partial charge < -0.3 is 24.3 Å². The van der Waals surface area contributed by atoms with Crippen LogP contribution in [0.25, 0.3) is 0 Å². The highest BCUT2D eigenvalue weighted by Crippen LogP contribution is 2.28. The van der Waals surface area contributed by atoms with Crippen LogP contribution in [0.5, 0.6) is 17.2 Å². The van der Waals surface area contributed by atoms with Crippen molar-refractivity contribution in [2.45, 2.75) is 19.5 Å². The molecule has 0 aliphatic rings. The molecule has 0 radical (unpaired) electrons. The van der Waals surface area contributed by atoms with Crippen LogP contribution in [0, 0.1) is 0 Å². The summed E-state index contributed by atoms with van der Waals surface area (Å²) in [5, 5.41) is 5.51. The van der Waals surface area contributed by atoms with Crippen molar-refractivity contribution in [2.24, 2.45) is 0 Å². The van der Waals surface area contributed by atoms with Gasteiger partial charge in [0, 0.05) is 32.1 Å². The molecule has 0 unspecified atom stereocenters. The fourth-order valence-corrected chi connectivity index (χ4v) is 4.38. The SMILES string of the molecule is COCCNC(=O)c1csc(CN(CCc2ccc(OC)c(OC)c2)Cc2ccc(OC)cc2)n1. The minimum absolute atomic E-state index is 0.184. The fraction of sp³-hybridized carbons (Fsp3) is 0.385. The monoisotopic (exact) mass is 499 g/mol. The van der Waals surface area contributed by atoms with E-state index in [9.17, 15) is 4.79 Å². The number of carbonyl (C=O) groups is 1. The number of thiazole rings is 1. The van der Waals surface area contributed by atoms with Gasteiger partial charge in [0.25, 0.3) is 5.91 Å². The number of hydrogen-bond donors (Lipinski definition) is 1. The molecule has 0 aliphatic heterocycles. The maximum absolute atomic E-state index is 12.3. The van der Waals surface area contributed by atoms with E-state index in [0.29, 0.717) is 31.1 Å². The van der Waals surface area contributed by atoms with E-state index in [4.69, 9.17) is 18.9 Å². The Balaban J connectivity index is 1.71. The summed E-state index contributed by atoms with van der Waals surface area (Å²) in [6.45, 7) is 3.10. The third-order valence-corrected chi connectivity index (χ3v) is 6.30. The number of benzene rings is 2. The molecule has 3 rings (SSSR count). The summed E-state index contributed by atoms with van der Waals surface area (Å²) in [4.78, 5) is 19.2. The van der Waals surface area contributed by atoms with Crippen LogP contribution in [0.3, 0.4) is 0 Å². The van der Waals surface area contributed by atoms with E-state index >= 15 is 0 Å². The summed E-state index contributed by atoms with van der Waals surface area (Å²) >= 11 is 1.49. The van der Waals surface area contributed by atoms with Gasteiger partial charge in [-0.05, 0) is 41.8 Å². The maximum Gasteiger partial charge on any atom is 0.270 e. The van der Waals surface area contributed by atoms with Gasteiger partial charge in [-0.3, -0.25) is 9.69 Å². The Morgan fingerprint density at radius 3 is 2.37 bits per heavy atom. The normalized spacial score (nSPS) is 10.9. The third-order valence-electron chi connectivity index (χ3n) is 5.46. The first kappa shape index (κ1) is 26.5. The molecule has 0 spiro atoms. The number of carbonyl (C=O) groups excluding carboxylic acids is 1. The third kappa shape index (κ3) is 7.95. The molecule has 0 atom stereocenters. The Morgan fingerprint density at radius 1 is 0.943 bits per heavy atom. The molecule has 35 heavy (non-hydrogen) atoms. The lowest BCUT2D eigenvalue weighted by molar-refractivity contribution is 0.0932. The predicted molar refractivity (Wildman–Crippen MR) is 137 cm³/mol. The van der Waals surface area contributed by atoms with Crippen LogP contribution < -0.4 is 19.5 Å². The van der Waals surface area contributed by atoms with E-state index in [0.717, 1.165) is 41.6 Å². The molecule has 0 bridgehead atoms. The molecule has 8 nitrogen and oxygen atoms in total. The van der Waals surface area contributed by atoms with Gasteiger partial charge in [-0.2, -0.15) is 0 Å². The average molecular weight is 500 g/mol. The van der Waals surface area contributed by atoms with E-state index in [1.54, 1.807) is 33.8 Å². The number of aromatic nitrogens is 1. The van der Waals surface area contributed by atoms with Crippen molar-refractivity contribution in [1.29, 1.82) is 0 Å². The molecule has 9 heteroatoms. The zero-order chi connectivity index (χ0) is 25.0. The van der Waals surface area contributed by atoms with Crippen molar-refractivity contribution in [1.82, 2.24) is 15.2 Å². The Kier molecular flexibility index (Phi) is 10.3. The second kappa shape index (κ2) is 13.7. The summed E-state index contributed by atoms with van der Waals surface area (Å²) in [5.41, 5.74) is 2.76. The molecular formula is C26H33N3O5S. The van der Waals surface area contributed by atoms with E-state index < -0.39 is 0 Å². The first-order valence-corrected chi connectivity index (χ1v) is 12.2. The van der Waals surface area contributed by atoms with Crippen molar-refractivity contribution in [3.63, 3.8) is 0 Å². The number of methoxy groups -OCH3 is 4. The van der Waals surface area contributed by atoms with E-state index in [1.165, 1.54) is 16.9 Å². The van der Waals surface area contributed by atoms with Crippen LogP contribution in [0.4, 0.5) is 0 Å². The molecule has 2 aromatic carbocycles.